The van der Waals surface area contributed by atoms with Crippen LogP contribution in [0, 0.1) is 5.41 Å². The van der Waals surface area contributed by atoms with Gasteiger partial charge >= 0.3 is 5.97 Å². The number of thioether (sulfide) groups is 1. The largest absolute Gasteiger partial charge is 0.481 e. The van der Waals surface area contributed by atoms with E-state index in [0.29, 0.717) is 17.9 Å². The molecule has 0 amide bonds. The van der Waals surface area contributed by atoms with Crippen LogP contribution in [0.1, 0.15) is 46.0 Å². The quantitative estimate of drug-likeness (QED) is 0.857. The predicted molar refractivity (Wildman–Crippen MR) is 76.1 cm³/mol. The topological polar surface area (TPSA) is 40.5 Å². The molecule has 2 aliphatic rings. The first-order valence-corrected chi connectivity index (χ1v) is 8.21. The number of rotatable bonds is 3. The highest BCUT2D eigenvalue weighted by Crippen LogP contribution is 2.40. The molecule has 0 aliphatic carbocycles. The van der Waals surface area contributed by atoms with Crippen LogP contribution in [0.5, 0.6) is 0 Å². The van der Waals surface area contributed by atoms with Gasteiger partial charge in [0.2, 0.25) is 0 Å². The molecule has 2 rings (SSSR count). The van der Waals surface area contributed by atoms with Gasteiger partial charge in [-0.05, 0) is 37.0 Å². The Morgan fingerprint density at radius 2 is 2.22 bits per heavy atom. The van der Waals surface area contributed by atoms with Crippen molar-refractivity contribution in [2.45, 2.75) is 58.0 Å². The molecule has 0 aromatic rings. The number of hydrogen-bond donors (Lipinski definition) is 1. The third kappa shape index (κ3) is 3.21. The summed E-state index contributed by atoms with van der Waals surface area (Å²) < 4.78 is 0. The van der Waals surface area contributed by atoms with Crippen LogP contribution in [0.2, 0.25) is 0 Å². The number of carbonyl (C=O) groups is 1. The van der Waals surface area contributed by atoms with Crippen LogP contribution in [-0.2, 0) is 4.79 Å². The number of aliphatic carboxylic acids is 1. The van der Waals surface area contributed by atoms with E-state index in [4.69, 9.17) is 5.11 Å². The standard InChI is InChI=1S/C14H25NO2S/c1-14(2)6-8-18-10-12(14)15-7-4-3-5-11(15)9-13(16)17/h11-12H,3-10H2,1-2H3,(H,16,17). The molecule has 2 unspecified atom stereocenters. The van der Waals surface area contributed by atoms with Gasteiger partial charge in [0.15, 0.2) is 0 Å². The molecule has 2 aliphatic heterocycles. The average Bonchev–Trinajstić information content (AvgIpc) is 2.29. The number of nitrogens with zero attached hydrogens (tertiary/aromatic N) is 1. The Labute approximate surface area is 114 Å². The molecule has 0 spiro atoms. The number of carboxylic acid groups (broad SMARTS) is 1. The summed E-state index contributed by atoms with van der Waals surface area (Å²) in [6, 6.07) is 0.820. The maximum absolute atomic E-state index is 11.0. The van der Waals surface area contributed by atoms with Crippen LogP contribution in [0.15, 0.2) is 0 Å². The van der Waals surface area contributed by atoms with E-state index in [9.17, 15) is 4.79 Å². The van der Waals surface area contributed by atoms with Gasteiger partial charge < -0.3 is 5.11 Å². The first-order chi connectivity index (χ1) is 8.50. The third-order valence-corrected chi connectivity index (χ3v) is 5.60. The van der Waals surface area contributed by atoms with E-state index in [1.54, 1.807) is 0 Å². The predicted octanol–water partition coefficient (Wildman–Crippen LogP) is 2.85. The van der Waals surface area contributed by atoms with E-state index in [1.165, 1.54) is 30.8 Å². The fourth-order valence-electron chi connectivity index (χ4n) is 3.32. The summed E-state index contributed by atoms with van der Waals surface area (Å²) in [7, 11) is 0. The maximum atomic E-state index is 11.0. The summed E-state index contributed by atoms with van der Waals surface area (Å²) in [6.07, 6.45) is 5.04. The van der Waals surface area contributed by atoms with Crippen molar-refractivity contribution in [1.82, 2.24) is 4.90 Å². The van der Waals surface area contributed by atoms with Crippen LogP contribution in [-0.4, -0.2) is 46.1 Å². The average molecular weight is 271 g/mol. The molecule has 0 bridgehead atoms. The van der Waals surface area contributed by atoms with E-state index < -0.39 is 5.97 Å². The molecule has 0 aromatic carbocycles. The first-order valence-electron chi connectivity index (χ1n) is 7.06. The summed E-state index contributed by atoms with van der Waals surface area (Å²) in [5, 5.41) is 9.08. The molecule has 2 saturated heterocycles. The van der Waals surface area contributed by atoms with E-state index >= 15 is 0 Å². The minimum absolute atomic E-state index is 0.263. The molecule has 0 saturated carbocycles. The van der Waals surface area contributed by atoms with Crippen molar-refractivity contribution in [3.8, 4) is 0 Å². The number of carboxylic acids is 1. The van der Waals surface area contributed by atoms with Crippen molar-refractivity contribution in [2.24, 2.45) is 5.41 Å². The molecule has 2 heterocycles. The number of piperidine rings is 1. The monoisotopic (exact) mass is 271 g/mol. The van der Waals surface area contributed by atoms with Gasteiger partial charge in [0.1, 0.15) is 0 Å². The van der Waals surface area contributed by atoms with Crippen LogP contribution < -0.4 is 0 Å². The molecule has 2 atom stereocenters. The zero-order valence-corrected chi connectivity index (χ0v) is 12.3. The molecule has 18 heavy (non-hydrogen) atoms. The molecular weight excluding hydrogens is 246 g/mol. The zero-order chi connectivity index (χ0) is 13.2. The fourth-order valence-corrected chi connectivity index (χ4v) is 5.02. The lowest BCUT2D eigenvalue weighted by atomic mass is 9.79. The maximum Gasteiger partial charge on any atom is 0.304 e. The Kier molecular flexibility index (Phi) is 4.59. The highest BCUT2D eigenvalue weighted by atomic mass is 32.2. The number of likely N-dealkylation sites (tertiary alicyclic amines) is 1. The molecule has 4 heteroatoms. The summed E-state index contributed by atoms with van der Waals surface area (Å²) >= 11 is 2.03. The molecule has 1 N–H and O–H groups in total. The van der Waals surface area contributed by atoms with Crippen molar-refractivity contribution >= 4 is 17.7 Å². The summed E-state index contributed by atoms with van der Waals surface area (Å²) in [6.45, 7) is 5.79. The summed E-state index contributed by atoms with van der Waals surface area (Å²) in [5.74, 6) is 1.78. The third-order valence-electron chi connectivity index (χ3n) is 4.55. The highest BCUT2D eigenvalue weighted by Gasteiger charge is 2.40. The van der Waals surface area contributed by atoms with Gasteiger partial charge in [0, 0.05) is 17.8 Å². The minimum Gasteiger partial charge on any atom is -0.481 e. The second-order valence-corrected chi connectivity index (χ2v) is 7.46. The smallest absolute Gasteiger partial charge is 0.304 e. The van der Waals surface area contributed by atoms with Gasteiger partial charge in [-0.1, -0.05) is 20.3 Å². The van der Waals surface area contributed by atoms with Crippen molar-refractivity contribution in [2.75, 3.05) is 18.1 Å². The molecule has 0 aromatic heterocycles. The Hall–Kier alpha value is -0.220. The fraction of sp³-hybridized carbons (Fsp3) is 0.929. The van der Waals surface area contributed by atoms with E-state index in [2.05, 4.69) is 18.7 Å². The first kappa shape index (κ1) is 14.2. The number of hydrogen-bond acceptors (Lipinski definition) is 3. The summed E-state index contributed by atoms with van der Waals surface area (Å²) in [5.41, 5.74) is 0.333. The molecule has 0 radical (unpaired) electrons. The SMILES string of the molecule is CC1(C)CCSCC1N1CCCCC1CC(=O)O. The van der Waals surface area contributed by atoms with Crippen molar-refractivity contribution < 1.29 is 9.90 Å². The van der Waals surface area contributed by atoms with Crippen molar-refractivity contribution in [3.63, 3.8) is 0 Å². The minimum atomic E-state index is -0.645. The lowest BCUT2D eigenvalue weighted by molar-refractivity contribution is -0.139. The summed E-state index contributed by atoms with van der Waals surface area (Å²) in [4.78, 5) is 13.5. The van der Waals surface area contributed by atoms with Gasteiger partial charge in [0.05, 0.1) is 6.42 Å². The van der Waals surface area contributed by atoms with Crippen LogP contribution in [0.25, 0.3) is 0 Å². The van der Waals surface area contributed by atoms with Gasteiger partial charge in [-0.25, -0.2) is 0 Å². The zero-order valence-electron chi connectivity index (χ0n) is 11.5. The van der Waals surface area contributed by atoms with Gasteiger partial charge in [-0.2, -0.15) is 11.8 Å². The molecule has 2 fully saturated rings. The van der Waals surface area contributed by atoms with Gasteiger partial charge in [-0.3, -0.25) is 9.69 Å². The van der Waals surface area contributed by atoms with Crippen LogP contribution >= 0.6 is 11.8 Å². The van der Waals surface area contributed by atoms with Gasteiger partial charge in [0.25, 0.3) is 0 Å². The van der Waals surface area contributed by atoms with Crippen LogP contribution in [0.4, 0.5) is 0 Å². The lowest BCUT2D eigenvalue weighted by Crippen LogP contribution is -2.55. The highest BCUT2D eigenvalue weighted by molar-refractivity contribution is 7.99. The van der Waals surface area contributed by atoms with E-state index in [-0.39, 0.29) is 6.04 Å². The second kappa shape index (κ2) is 5.83. The Bertz CT molecular complexity index is 306. The molecule has 3 nitrogen and oxygen atoms in total. The molecule has 104 valence electrons. The van der Waals surface area contributed by atoms with Crippen molar-refractivity contribution in [3.05, 3.63) is 0 Å². The van der Waals surface area contributed by atoms with Crippen LogP contribution in [0.3, 0.4) is 0 Å². The Morgan fingerprint density at radius 1 is 1.44 bits per heavy atom. The normalized spacial score (nSPS) is 33.2. The van der Waals surface area contributed by atoms with Crippen molar-refractivity contribution in [1.29, 1.82) is 0 Å². The van der Waals surface area contributed by atoms with E-state index in [1.807, 2.05) is 11.8 Å². The van der Waals surface area contributed by atoms with Gasteiger partial charge in [-0.15, -0.1) is 0 Å². The Balaban J connectivity index is 2.09. The second-order valence-electron chi connectivity index (χ2n) is 6.31. The molecular formula is C14H25NO2S. The van der Waals surface area contributed by atoms with E-state index in [0.717, 1.165) is 13.0 Å². The Morgan fingerprint density at radius 3 is 2.89 bits per heavy atom. The lowest BCUT2D eigenvalue weighted by Gasteiger charge is -2.49.